The number of nitrogens with zero attached hydrogens (tertiary/aromatic N) is 2. The molecule has 1 heterocycles. The van der Waals surface area contributed by atoms with Crippen LogP contribution in [0.5, 0.6) is 5.88 Å². The van der Waals surface area contributed by atoms with Gasteiger partial charge >= 0.3 is 5.97 Å². The van der Waals surface area contributed by atoms with Gasteiger partial charge in [0.1, 0.15) is 18.2 Å². The predicted octanol–water partition coefficient (Wildman–Crippen LogP) is 1.16. The van der Waals surface area contributed by atoms with Crippen LogP contribution < -0.4 is 10.1 Å². The van der Waals surface area contributed by atoms with Gasteiger partial charge in [0, 0.05) is 0 Å². The quantitative estimate of drug-likeness (QED) is 0.777. The molecule has 0 fully saturated rings. The Morgan fingerprint density at radius 1 is 1.53 bits per heavy atom. The van der Waals surface area contributed by atoms with Crippen molar-refractivity contribution < 1.29 is 14.3 Å². The molecule has 6 heteroatoms. The van der Waals surface area contributed by atoms with Gasteiger partial charge in [-0.3, -0.25) is 0 Å². The molecule has 0 saturated heterocycles. The predicted molar refractivity (Wildman–Crippen MR) is 63.0 cm³/mol. The minimum atomic E-state index is -0.469. The average molecular weight is 239 g/mol. The van der Waals surface area contributed by atoms with Crippen molar-refractivity contribution in [3.63, 3.8) is 0 Å². The number of anilines is 1. The van der Waals surface area contributed by atoms with Gasteiger partial charge in [-0.25, -0.2) is 14.8 Å². The highest BCUT2D eigenvalue weighted by atomic mass is 16.5. The van der Waals surface area contributed by atoms with Gasteiger partial charge in [0.2, 0.25) is 5.88 Å². The van der Waals surface area contributed by atoms with Crippen LogP contribution in [0.4, 0.5) is 5.82 Å². The summed E-state index contributed by atoms with van der Waals surface area (Å²) in [4.78, 5) is 19.4. The van der Waals surface area contributed by atoms with Crippen LogP contribution in [0.1, 0.15) is 19.4 Å². The lowest BCUT2D eigenvalue weighted by atomic mass is 10.3. The number of ether oxygens (including phenoxy) is 2. The van der Waals surface area contributed by atoms with Gasteiger partial charge in [-0.05, 0) is 20.8 Å². The molecule has 1 atom stereocenters. The maximum absolute atomic E-state index is 11.3. The lowest BCUT2D eigenvalue weighted by Gasteiger charge is -2.15. The smallest absolute Gasteiger partial charge is 0.328 e. The normalized spacial score (nSPS) is 11.8. The summed E-state index contributed by atoms with van der Waals surface area (Å²) in [6.07, 6.45) is 1.39. The van der Waals surface area contributed by atoms with Crippen molar-refractivity contribution >= 4 is 11.8 Å². The van der Waals surface area contributed by atoms with E-state index < -0.39 is 6.04 Å². The Hall–Kier alpha value is -1.85. The lowest BCUT2D eigenvalue weighted by molar-refractivity contribution is -0.141. The van der Waals surface area contributed by atoms with E-state index in [1.807, 2.05) is 13.8 Å². The first kappa shape index (κ1) is 13.2. The molecule has 0 aliphatic carbocycles. The molecular formula is C11H17N3O3. The largest absolute Gasteiger partial charge is 0.478 e. The molecule has 0 aliphatic heterocycles. The summed E-state index contributed by atoms with van der Waals surface area (Å²) in [6, 6.07) is -0.469. The van der Waals surface area contributed by atoms with E-state index in [1.54, 1.807) is 6.92 Å². The molecule has 0 amide bonds. The number of methoxy groups -OCH3 is 1. The van der Waals surface area contributed by atoms with E-state index in [0.29, 0.717) is 18.3 Å². The molecule has 6 nitrogen and oxygen atoms in total. The van der Waals surface area contributed by atoms with Crippen LogP contribution in [0.25, 0.3) is 0 Å². The van der Waals surface area contributed by atoms with E-state index in [-0.39, 0.29) is 5.97 Å². The molecule has 1 unspecified atom stereocenters. The van der Waals surface area contributed by atoms with E-state index in [9.17, 15) is 4.79 Å². The van der Waals surface area contributed by atoms with Crippen LogP contribution in [0.3, 0.4) is 0 Å². The number of carbonyl (C=O) groups is 1. The Kier molecular flexibility index (Phi) is 4.68. The van der Waals surface area contributed by atoms with E-state index >= 15 is 0 Å². The molecule has 1 aromatic heterocycles. The summed E-state index contributed by atoms with van der Waals surface area (Å²) >= 11 is 0. The second-order valence-electron chi connectivity index (χ2n) is 3.47. The van der Waals surface area contributed by atoms with Gasteiger partial charge in [-0.15, -0.1) is 0 Å². The summed E-state index contributed by atoms with van der Waals surface area (Å²) in [7, 11) is 1.35. The number of carbonyl (C=O) groups excluding carboxylic acids is 1. The van der Waals surface area contributed by atoms with Crippen molar-refractivity contribution in [1.29, 1.82) is 0 Å². The molecule has 1 N–H and O–H groups in total. The summed E-state index contributed by atoms with van der Waals surface area (Å²) < 4.78 is 9.96. The molecule has 94 valence electrons. The Morgan fingerprint density at radius 3 is 2.82 bits per heavy atom. The molecular weight excluding hydrogens is 222 g/mol. The Balaban J connectivity index is 2.84. The second-order valence-corrected chi connectivity index (χ2v) is 3.47. The van der Waals surface area contributed by atoms with Crippen molar-refractivity contribution in [3.8, 4) is 5.88 Å². The molecule has 0 bridgehead atoms. The van der Waals surface area contributed by atoms with Crippen molar-refractivity contribution in [2.45, 2.75) is 26.8 Å². The fraction of sp³-hybridized carbons (Fsp3) is 0.545. The maximum atomic E-state index is 11.3. The molecule has 0 spiro atoms. The molecule has 0 aromatic carbocycles. The molecule has 1 rings (SSSR count). The van der Waals surface area contributed by atoms with Gasteiger partial charge in [0.15, 0.2) is 0 Å². The maximum Gasteiger partial charge on any atom is 0.328 e. The van der Waals surface area contributed by atoms with Gasteiger partial charge in [0.05, 0.1) is 19.3 Å². The van der Waals surface area contributed by atoms with Crippen LogP contribution >= 0.6 is 0 Å². The zero-order valence-electron chi connectivity index (χ0n) is 10.5. The number of aromatic nitrogens is 2. The average Bonchev–Trinajstić information content (AvgIpc) is 2.33. The standard InChI is InChI=1S/C11H17N3O3/c1-5-17-10-7(2)9(12-6-13-10)14-8(3)11(15)16-4/h6,8H,5H2,1-4H3,(H,12,13,14). The highest BCUT2D eigenvalue weighted by Crippen LogP contribution is 2.20. The molecule has 1 aromatic rings. The Bertz CT molecular complexity index is 396. The summed E-state index contributed by atoms with van der Waals surface area (Å²) in [6.45, 7) is 5.95. The van der Waals surface area contributed by atoms with Crippen LogP contribution in [0, 0.1) is 6.92 Å². The zero-order chi connectivity index (χ0) is 12.8. The highest BCUT2D eigenvalue weighted by molar-refractivity contribution is 5.78. The van der Waals surface area contributed by atoms with Crippen LogP contribution in [-0.4, -0.2) is 35.7 Å². The Labute approximate surface area is 100 Å². The number of nitrogens with one attached hydrogen (secondary N) is 1. The van der Waals surface area contributed by atoms with E-state index in [4.69, 9.17) is 4.74 Å². The number of esters is 1. The van der Waals surface area contributed by atoms with Crippen LogP contribution in [-0.2, 0) is 9.53 Å². The third-order valence-corrected chi connectivity index (χ3v) is 2.23. The van der Waals surface area contributed by atoms with Gasteiger partial charge in [0.25, 0.3) is 0 Å². The minimum absolute atomic E-state index is 0.346. The number of rotatable bonds is 5. The molecule has 0 radical (unpaired) electrons. The highest BCUT2D eigenvalue weighted by Gasteiger charge is 2.16. The zero-order valence-corrected chi connectivity index (χ0v) is 10.5. The van der Waals surface area contributed by atoms with Gasteiger partial charge in [-0.2, -0.15) is 0 Å². The van der Waals surface area contributed by atoms with Crippen molar-refractivity contribution in [2.24, 2.45) is 0 Å². The van der Waals surface area contributed by atoms with Crippen molar-refractivity contribution in [1.82, 2.24) is 9.97 Å². The first-order valence-electron chi connectivity index (χ1n) is 5.38. The first-order chi connectivity index (χ1) is 8.10. The number of hydrogen-bond acceptors (Lipinski definition) is 6. The van der Waals surface area contributed by atoms with E-state index in [0.717, 1.165) is 5.56 Å². The van der Waals surface area contributed by atoms with Crippen LogP contribution in [0.15, 0.2) is 6.33 Å². The summed E-state index contributed by atoms with van der Waals surface area (Å²) in [5.74, 6) is 0.740. The lowest BCUT2D eigenvalue weighted by Crippen LogP contribution is -2.28. The monoisotopic (exact) mass is 239 g/mol. The van der Waals surface area contributed by atoms with Crippen molar-refractivity contribution in [3.05, 3.63) is 11.9 Å². The summed E-state index contributed by atoms with van der Waals surface area (Å²) in [5.41, 5.74) is 0.769. The van der Waals surface area contributed by atoms with E-state index in [2.05, 4.69) is 20.0 Å². The molecule has 17 heavy (non-hydrogen) atoms. The third-order valence-electron chi connectivity index (χ3n) is 2.23. The first-order valence-corrected chi connectivity index (χ1v) is 5.38. The molecule has 0 saturated carbocycles. The van der Waals surface area contributed by atoms with Crippen molar-refractivity contribution in [2.75, 3.05) is 19.0 Å². The minimum Gasteiger partial charge on any atom is -0.478 e. The van der Waals surface area contributed by atoms with Crippen LogP contribution in [0.2, 0.25) is 0 Å². The van der Waals surface area contributed by atoms with Gasteiger partial charge in [-0.1, -0.05) is 0 Å². The van der Waals surface area contributed by atoms with E-state index in [1.165, 1.54) is 13.4 Å². The second kappa shape index (κ2) is 6.03. The fourth-order valence-electron chi connectivity index (χ4n) is 1.30. The van der Waals surface area contributed by atoms with Gasteiger partial charge < -0.3 is 14.8 Å². The Morgan fingerprint density at radius 2 is 2.24 bits per heavy atom. The molecule has 0 aliphatic rings. The summed E-state index contributed by atoms with van der Waals surface area (Å²) in [5, 5.41) is 2.95. The fourth-order valence-corrected chi connectivity index (χ4v) is 1.30. The third kappa shape index (κ3) is 3.30. The number of hydrogen-bond donors (Lipinski definition) is 1. The SMILES string of the molecule is CCOc1ncnc(NC(C)C(=O)OC)c1C. The topological polar surface area (TPSA) is 73.3 Å².